The third kappa shape index (κ3) is 6.21. The summed E-state index contributed by atoms with van der Waals surface area (Å²) >= 11 is 0. The van der Waals surface area contributed by atoms with Gasteiger partial charge in [-0.3, -0.25) is 0 Å². The van der Waals surface area contributed by atoms with E-state index in [0.717, 1.165) is 28.7 Å². The van der Waals surface area contributed by atoms with Crippen molar-refractivity contribution in [1.82, 2.24) is 0 Å². The van der Waals surface area contributed by atoms with Gasteiger partial charge in [0, 0.05) is 6.08 Å². The summed E-state index contributed by atoms with van der Waals surface area (Å²) in [4.78, 5) is 12.0. The Morgan fingerprint density at radius 3 is 1.94 bits per heavy atom. The first-order valence-electron chi connectivity index (χ1n) is 10.9. The standard InChI is InChI=1S/C29H30O3/c1-5-26(22-9-7-6-8-10-22)28(24-16-18-25(30)19-17-24)23-14-11-21(12-15-23)13-20-27(31)32-29(2,3)4/h6-20,30H,5H2,1-4H3. The molecule has 164 valence electrons. The predicted octanol–water partition coefficient (Wildman–Crippen LogP) is 7.12. The predicted molar refractivity (Wildman–Crippen MR) is 132 cm³/mol. The van der Waals surface area contributed by atoms with Crippen LogP contribution in [0.1, 0.15) is 56.4 Å². The van der Waals surface area contributed by atoms with Crippen molar-refractivity contribution in [3.8, 4) is 5.75 Å². The number of hydrogen-bond donors (Lipinski definition) is 1. The van der Waals surface area contributed by atoms with Crippen LogP contribution in [0.25, 0.3) is 17.2 Å². The molecule has 3 aromatic rings. The normalized spacial score (nSPS) is 12.5. The number of hydrogen-bond acceptors (Lipinski definition) is 3. The molecule has 3 heteroatoms. The Balaban J connectivity index is 2.00. The fourth-order valence-electron chi connectivity index (χ4n) is 3.57. The molecule has 0 aliphatic carbocycles. The highest BCUT2D eigenvalue weighted by Gasteiger charge is 2.15. The van der Waals surface area contributed by atoms with Gasteiger partial charge in [-0.15, -0.1) is 0 Å². The summed E-state index contributed by atoms with van der Waals surface area (Å²) < 4.78 is 5.33. The van der Waals surface area contributed by atoms with E-state index in [1.807, 2.05) is 63.2 Å². The Hall–Kier alpha value is -3.59. The third-order valence-corrected chi connectivity index (χ3v) is 4.95. The minimum Gasteiger partial charge on any atom is -0.508 e. The summed E-state index contributed by atoms with van der Waals surface area (Å²) in [5.41, 5.74) is 6.05. The van der Waals surface area contributed by atoms with Gasteiger partial charge >= 0.3 is 5.97 Å². The van der Waals surface area contributed by atoms with Gasteiger partial charge in [-0.2, -0.15) is 0 Å². The highest BCUT2D eigenvalue weighted by Crippen LogP contribution is 2.35. The van der Waals surface area contributed by atoms with Crippen molar-refractivity contribution < 1.29 is 14.6 Å². The molecule has 0 bridgehead atoms. The quantitative estimate of drug-likeness (QED) is 0.259. The highest BCUT2D eigenvalue weighted by atomic mass is 16.6. The second kappa shape index (κ2) is 10.1. The maximum absolute atomic E-state index is 12.0. The zero-order valence-electron chi connectivity index (χ0n) is 19.1. The molecule has 0 fully saturated rings. The second-order valence-electron chi connectivity index (χ2n) is 8.61. The summed E-state index contributed by atoms with van der Waals surface area (Å²) in [6.45, 7) is 7.70. The maximum Gasteiger partial charge on any atom is 0.331 e. The molecule has 0 amide bonds. The number of esters is 1. The van der Waals surface area contributed by atoms with Crippen molar-refractivity contribution in [3.63, 3.8) is 0 Å². The van der Waals surface area contributed by atoms with E-state index < -0.39 is 5.60 Å². The van der Waals surface area contributed by atoms with Crippen LogP contribution >= 0.6 is 0 Å². The first-order chi connectivity index (χ1) is 15.3. The van der Waals surface area contributed by atoms with E-state index in [0.29, 0.717) is 0 Å². The van der Waals surface area contributed by atoms with Crippen LogP contribution in [0.4, 0.5) is 0 Å². The van der Waals surface area contributed by atoms with E-state index in [4.69, 9.17) is 4.74 Å². The average Bonchev–Trinajstić information content (AvgIpc) is 2.77. The van der Waals surface area contributed by atoms with Crippen LogP contribution in [0, 0.1) is 0 Å². The van der Waals surface area contributed by atoms with Gasteiger partial charge in [-0.25, -0.2) is 4.79 Å². The number of phenols is 1. The summed E-state index contributed by atoms with van der Waals surface area (Å²) in [6, 6.07) is 25.8. The van der Waals surface area contributed by atoms with Crippen LogP contribution in [0.2, 0.25) is 0 Å². The molecule has 3 rings (SSSR count). The molecule has 0 atom stereocenters. The van der Waals surface area contributed by atoms with Gasteiger partial charge in [0.25, 0.3) is 0 Å². The summed E-state index contributed by atoms with van der Waals surface area (Å²) in [6.07, 6.45) is 4.08. The Kier molecular flexibility index (Phi) is 7.32. The topological polar surface area (TPSA) is 46.5 Å². The molecular weight excluding hydrogens is 396 g/mol. The molecule has 32 heavy (non-hydrogen) atoms. The number of ether oxygens (including phenoxy) is 1. The number of carbonyl (C=O) groups excluding carboxylic acids is 1. The number of carbonyl (C=O) groups is 1. The molecule has 0 radical (unpaired) electrons. The largest absolute Gasteiger partial charge is 0.508 e. The molecule has 0 unspecified atom stereocenters. The molecule has 0 heterocycles. The lowest BCUT2D eigenvalue weighted by atomic mass is 9.88. The Morgan fingerprint density at radius 1 is 0.844 bits per heavy atom. The zero-order chi connectivity index (χ0) is 23.1. The summed E-state index contributed by atoms with van der Waals surface area (Å²) in [5.74, 6) is -0.114. The number of allylic oxidation sites excluding steroid dienone is 1. The fraction of sp³-hybridized carbons (Fsp3) is 0.207. The molecule has 0 aliphatic heterocycles. The molecule has 3 aromatic carbocycles. The van der Waals surface area contributed by atoms with Gasteiger partial charge in [-0.05, 0) is 78.8 Å². The number of aromatic hydroxyl groups is 1. The van der Waals surface area contributed by atoms with Crippen LogP contribution < -0.4 is 0 Å². The Bertz CT molecular complexity index is 1100. The molecule has 1 N–H and O–H groups in total. The van der Waals surface area contributed by atoms with Gasteiger partial charge in [0.2, 0.25) is 0 Å². The lowest BCUT2D eigenvalue weighted by Gasteiger charge is -2.18. The lowest BCUT2D eigenvalue weighted by molar-refractivity contribution is -0.148. The number of rotatable bonds is 6. The third-order valence-electron chi connectivity index (χ3n) is 4.95. The second-order valence-corrected chi connectivity index (χ2v) is 8.61. The van der Waals surface area contributed by atoms with Crippen molar-refractivity contribution in [2.45, 2.75) is 39.7 Å². The highest BCUT2D eigenvalue weighted by molar-refractivity contribution is 5.98. The van der Waals surface area contributed by atoms with Crippen LogP contribution in [0.3, 0.4) is 0 Å². The molecular formula is C29H30O3. The van der Waals surface area contributed by atoms with E-state index in [9.17, 15) is 9.90 Å². The van der Waals surface area contributed by atoms with E-state index in [2.05, 4.69) is 31.2 Å². The van der Waals surface area contributed by atoms with Crippen LogP contribution in [0.5, 0.6) is 5.75 Å². The fourth-order valence-corrected chi connectivity index (χ4v) is 3.57. The van der Waals surface area contributed by atoms with Gasteiger partial charge in [0.15, 0.2) is 0 Å². The van der Waals surface area contributed by atoms with Gasteiger partial charge in [-0.1, -0.05) is 73.7 Å². The van der Waals surface area contributed by atoms with Crippen LogP contribution in [-0.2, 0) is 9.53 Å². The minimum absolute atomic E-state index is 0.244. The summed E-state index contributed by atoms with van der Waals surface area (Å²) in [7, 11) is 0. The maximum atomic E-state index is 12.0. The van der Waals surface area contributed by atoms with Crippen molar-refractivity contribution in [2.24, 2.45) is 0 Å². The number of benzene rings is 3. The zero-order valence-corrected chi connectivity index (χ0v) is 19.1. The lowest BCUT2D eigenvalue weighted by Crippen LogP contribution is -2.22. The van der Waals surface area contributed by atoms with Crippen LogP contribution in [0.15, 0.2) is 84.9 Å². The molecule has 0 saturated carbocycles. The smallest absolute Gasteiger partial charge is 0.331 e. The van der Waals surface area contributed by atoms with E-state index in [-0.39, 0.29) is 11.7 Å². The minimum atomic E-state index is -0.511. The first-order valence-corrected chi connectivity index (χ1v) is 10.9. The van der Waals surface area contributed by atoms with Crippen molar-refractivity contribution in [1.29, 1.82) is 0 Å². The monoisotopic (exact) mass is 426 g/mol. The molecule has 0 saturated heterocycles. The van der Waals surface area contributed by atoms with E-state index >= 15 is 0 Å². The summed E-state index contributed by atoms with van der Waals surface area (Å²) in [5, 5.41) is 9.77. The SMILES string of the molecule is CCC(=C(c1ccc(O)cc1)c1ccc(C=CC(=O)OC(C)(C)C)cc1)c1ccccc1. The van der Waals surface area contributed by atoms with Crippen molar-refractivity contribution in [2.75, 3.05) is 0 Å². The first kappa shape index (κ1) is 23.1. The molecule has 0 spiro atoms. The van der Waals surface area contributed by atoms with E-state index in [1.54, 1.807) is 18.2 Å². The molecule has 0 aliphatic rings. The molecule has 0 aromatic heterocycles. The van der Waals surface area contributed by atoms with E-state index in [1.165, 1.54) is 17.2 Å². The Labute approximate surface area is 190 Å². The van der Waals surface area contributed by atoms with Crippen molar-refractivity contribution >= 4 is 23.2 Å². The van der Waals surface area contributed by atoms with Gasteiger partial charge < -0.3 is 9.84 Å². The average molecular weight is 427 g/mol. The van der Waals surface area contributed by atoms with Crippen molar-refractivity contribution in [3.05, 3.63) is 107 Å². The van der Waals surface area contributed by atoms with Gasteiger partial charge in [0.1, 0.15) is 11.4 Å². The number of phenolic OH excluding ortho intramolecular Hbond substituents is 1. The Morgan fingerprint density at radius 2 is 1.41 bits per heavy atom. The van der Waals surface area contributed by atoms with Gasteiger partial charge in [0.05, 0.1) is 0 Å². The molecule has 3 nitrogen and oxygen atoms in total. The van der Waals surface area contributed by atoms with Crippen LogP contribution in [-0.4, -0.2) is 16.7 Å².